The summed E-state index contributed by atoms with van der Waals surface area (Å²) in [6.45, 7) is 6.03. The number of aliphatic hydroxyl groups excluding tert-OH is 1. The Kier molecular flexibility index (Phi) is 2.91. The maximum absolute atomic E-state index is 9.50. The highest BCUT2D eigenvalue weighted by molar-refractivity contribution is 4.89. The summed E-state index contributed by atoms with van der Waals surface area (Å²) in [5, 5.41) is 9.50. The van der Waals surface area contributed by atoms with Crippen molar-refractivity contribution in [3.63, 3.8) is 0 Å². The van der Waals surface area contributed by atoms with Gasteiger partial charge in [-0.2, -0.15) is 0 Å². The molecule has 2 nitrogen and oxygen atoms in total. The van der Waals surface area contributed by atoms with Gasteiger partial charge in [-0.15, -0.1) is 0 Å². The van der Waals surface area contributed by atoms with Crippen molar-refractivity contribution in [2.45, 2.75) is 45.5 Å². The van der Waals surface area contributed by atoms with Crippen molar-refractivity contribution in [2.75, 3.05) is 0 Å². The van der Waals surface area contributed by atoms with Crippen molar-refractivity contribution in [1.29, 1.82) is 0 Å². The molecule has 1 fully saturated rings. The SMILES string of the molecule is C/C=C/CC1CC(C)(C)OC1O. The molecule has 2 atom stereocenters. The highest BCUT2D eigenvalue weighted by Gasteiger charge is 2.38. The minimum Gasteiger partial charge on any atom is -0.368 e. The first-order valence-electron chi connectivity index (χ1n) is 4.52. The lowest BCUT2D eigenvalue weighted by molar-refractivity contribution is -0.135. The molecular weight excluding hydrogens is 152 g/mol. The van der Waals surface area contributed by atoms with Gasteiger partial charge in [-0.05, 0) is 33.6 Å². The summed E-state index contributed by atoms with van der Waals surface area (Å²) < 4.78 is 5.38. The van der Waals surface area contributed by atoms with Crippen LogP contribution < -0.4 is 0 Å². The van der Waals surface area contributed by atoms with E-state index in [1.807, 2.05) is 26.8 Å². The maximum atomic E-state index is 9.50. The van der Waals surface area contributed by atoms with Crippen molar-refractivity contribution >= 4 is 0 Å². The lowest BCUT2D eigenvalue weighted by Gasteiger charge is -2.15. The van der Waals surface area contributed by atoms with E-state index in [-0.39, 0.29) is 11.5 Å². The Bertz CT molecular complexity index is 173. The van der Waals surface area contributed by atoms with Crippen molar-refractivity contribution in [3.05, 3.63) is 12.2 Å². The zero-order valence-corrected chi connectivity index (χ0v) is 8.08. The van der Waals surface area contributed by atoms with E-state index in [9.17, 15) is 5.11 Å². The second kappa shape index (κ2) is 3.58. The first-order valence-corrected chi connectivity index (χ1v) is 4.52. The lowest BCUT2D eigenvalue weighted by Crippen LogP contribution is -2.19. The van der Waals surface area contributed by atoms with Crippen molar-refractivity contribution in [3.8, 4) is 0 Å². The number of aliphatic hydroxyl groups is 1. The third-order valence-electron chi connectivity index (χ3n) is 2.27. The van der Waals surface area contributed by atoms with Gasteiger partial charge in [0.05, 0.1) is 5.60 Å². The molecule has 2 unspecified atom stereocenters. The summed E-state index contributed by atoms with van der Waals surface area (Å²) >= 11 is 0. The summed E-state index contributed by atoms with van der Waals surface area (Å²) in [6, 6.07) is 0. The Hall–Kier alpha value is -0.340. The number of ether oxygens (including phenoxy) is 1. The molecule has 0 spiro atoms. The van der Waals surface area contributed by atoms with Crippen LogP contribution in [0.1, 0.15) is 33.6 Å². The van der Waals surface area contributed by atoms with E-state index in [1.54, 1.807) is 0 Å². The minimum absolute atomic E-state index is 0.147. The summed E-state index contributed by atoms with van der Waals surface area (Å²) in [5.74, 6) is 0.274. The van der Waals surface area contributed by atoms with Crippen LogP contribution in [0.25, 0.3) is 0 Å². The topological polar surface area (TPSA) is 29.5 Å². The maximum Gasteiger partial charge on any atom is 0.158 e. The van der Waals surface area contributed by atoms with Gasteiger partial charge in [0.2, 0.25) is 0 Å². The minimum atomic E-state index is -0.573. The van der Waals surface area contributed by atoms with Gasteiger partial charge < -0.3 is 9.84 Å². The van der Waals surface area contributed by atoms with Crippen molar-refractivity contribution in [1.82, 2.24) is 0 Å². The average molecular weight is 170 g/mol. The number of allylic oxidation sites excluding steroid dienone is 2. The second-order valence-corrected chi connectivity index (χ2v) is 4.04. The van der Waals surface area contributed by atoms with Crippen LogP contribution in [0.4, 0.5) is 0 Å². The van der Waals surface area contributed by atoms with Crippen LogP contribution in [0.3, 0.4) is 0 Å². The largest absolute Gasteiger partial charge is 0.368 e. The zero-order valence-electron chi connectivity index (χ0n) is 8.08. The fourth-order valence-electron chi connectivity index (χ4n) is 1.71. The number of hydrogen-bond acceptors (Lipinski definition) is 2. The van der Waals surface area contributed by atoms with E-state index >= 15 is 0 Å². The van der Waals surface area contributed by atoms with E-state index in [1.165, 1.54) is 0 Å². The van der Waals surface area contributed by atoms with Crippen LogP contribution in [-0.2, 0) is 4.74 Å². The van der Waals surface area contributed by atoms with Crippen LogP contribution in [0.5, 0.6) is 0 Å². The summed E-state index contributed by atoms with van der Waals surface area (Å²) in [6.07, 6.45) is 5.38. The van der Waals surface area contributed by atoms with Crippen LogP contribution in [0.15, 0.2) is 12.2 Å². The van der Waals surface area contributed by atoms with Crippen molar-refractivity contribution < 1.29 is 9.84 Å². The highest BCUT2D eigenvalue weighted by Crippen LogP contribution is 2.35. The fourth-order valence-corrected chi connectivity index (χ4v) is 1.71. The van der Waals surface area contributed by atoms with Crippen LogP contribution >= 0.6 is 0 Å². The fraction of sp³-hybridized carbons (Fsp3) is 0.800. The van der Waals surface area contributed by atoms with Crippen LogP contribution in [0, 0.1) is 5.92 Å². The molecule has 0 amide bonds. The summed E-state index contributed by atoms with van der Waals surface area (Å²) in [7, 11) is 0. The van der Waals surface area contributed by atoms with Gasteiger partial charge in [-0.3, -0.25) is 0 Å². The molecule has 1 N–H and O–H groups in total. The Morgan fingerprint density at radius 2 is 2.25 bits per heavy atom. The zero-order chi connectivity index (χ0) is 9.19. The normalized spacial score (nSPS) is 34.7. The molecule has 1 aliphatic rings. The molecule has 0 aromatic heterocycles. The van der Waals surface area contributed by atoms with E-state index in [0.29, 0.717) is 0 Å². The Labute approximate surface area is 74.2 Å². The molecule has 1 heterocycles. The molecule has 0 saturated carbocycles. The molecule has 1 rings (SSSR count). The second-order valence-electron chi connectivity index (χ2n) is 4.04. The summed E-state index contributed by atoms with van der Waals surface area (Å²) in [5.41, 5.74) is -0.147. The van der Waals surface area contributed by atoms with Crippen LogP contribution in [-0.4, -0.2) is 17.0 Å². The van der Waals surface area contributed by atoms with Crippen LogP contribution in [0.2, 0.25) is 0 Å². The van der Waals surface area contributed by atoms with E-state index in [0.717, 1.165) is 12.8 Å². The number of hydrogen-bond donors (Lipinski definition) is 1. The quantitative estimate of drug-likeness (QED) is 0.643. The molecule has 1 aliphatic heterocycles. The third-order valence-corrected chi connectivity index (χ3v) is 2.27. The predicted octanol–water partition coefficient (Wildman–Crippen LogP) is 2.09. The smallest absolute Gasteiger partial charge is 0.158 e. The first-order chi connectivity index (χ1) is 5.55. The van der Waals surface area contributed by atoms with Gasteiger partial charge in [0.25, 0.3) is 0 Å². The molecule has 0 bridgehead atoms. The molecule has 0 aliphatic carbocycles. The van der Waals surface area contributed by atoms with Crippen molar-refractivity contribution in [2.24, 2.45) is 5.92 Å². The van der Waals surface area contributed by atoms with E-state index < -0.39 is 6.29 Å². The molecule has 0 aromatic carbocycles. The lowest BCUT2D eigenvalue weighted by atomic mass is 9.94. The Balaban J connectivity index is 2.46. The van der Waals surface area contributed by atoms with E-state index in [4.69, 9.17) is 4.74 Å². The number of rotatable bonds is 2. The first kappa shape index (κ1) is 9.75. The molecule has 12 heavy (non-hydrogen) atoms. The van der Waals surface area contributed by atoms with Gasteiger partial charge >= 0.3 is 0 Å². The van der Waals surface area contributed by atoms with Gasteiger partial charge in [-0.1, -0.05) is 12.2 Å². The highest BCUT2D eigenvalue weighted by atomic mass is 16.6. The molecule has 1 saturated heterocycles. The summed E-state index contributed by atoms with van der Waals surface area (Å²) in [4.78, 5) is 0. The average Bonchev–Trinajstić information content (AvgIpc) is 2.20. The third kappa shape index (κ3) is 2.32. The molecule has 70 valence electrons. The molecule has 0 radical (unpaired) electrons. The van der Waals surface area contributed by atoms with Gasteiger partial charge in [0.1, 0.15) is 0 Å². The van der Waals surface area contributed by atoms with E-state index in [2.05, 4.69) is 6.08 Å². The van der Waals surface area contributed by atoms with Gasteiger partial charge in [0, 0.05) is 5.92 Å². The Morgan fingerprint density at radius 3 is 2.67 bits per heavy atom. The predicted molar refractivity (Wildman–Crippen MR) is 48.7 cm³/mol. The molecule has 2 heteroatoms. The standard InChI is InChI=1S/C10H18O2/c1-4-5-6-8-7-10(2,3)12-9(8)11/h4-5,8-9,11H,6-7H2,1-3H3/b5-4+. The van der Waals surface area contributed by atoms with Gasteiger partial charge in [0.15, 0.2) is 6.29 Å². The molecular formula is C10H18O2. The molecule has 0 aromatic rings. The Morgan fingerprint density at radius 1 is 1.58 bits per heavy atom. The van der Waals surface area contributed by atoms with Gasteiger partial charge in [-0.25, -0.2) is 0 Å². The monoisotopic (exact) mass is 170 g/mol.